The third-order valence-corrected chi connectivity index (χ3v) is 2.30. The number of rotatable bonds is 5. The van der Waals surface area contributed by atoms with Crippen LogP contribution in [0, 0.1) is 12.3 Å². The molecule has 4 nitrogen and oxygen atoms in total. The summed E-state index contributed by atoms with van der Waals surface area (Å²) in [6.07, 6.45) is 9.21. The molecule has 0 N–H and O–H groups in total. The van der Waals surface area contributed by atoms with Gasteiger partial charge < -0.3 is 9.64 Å². The summed E-state index contributed by atoms with van der Waals surface area (Å²) in [6, 6.07) is 1.64. The highest BCUT2D eigenvalue weighted by Crippen LogP contribution is 2.17. The summed E-state index contributed by atoms with van der Waals surface area (Å²) in [5, 5.41) is 0. The molecule has 1 amide bonds. The van der Waals surface area contributed by atoms with Crippen molar-refractivity contribution in [1.82, 2.24) is 9.88 Å². The number of aromatic nitrogens is 1. The fraction of sp³-hybridized carbons (Fsp3) is 0.385. The SMILES string of the molecule is C#CCN(CCC)C(=O)c1ccncc1OC. The van der Waals surface area contributed by atoms with Gasteiger partial charge in [0, 0.05) is 12.7 Å². The molecule has 0 saturated carbocycles. The van der Waals surface area contributed by atoms with Crippen molar-refractivity contribution in [2.24, 2.45) is 0 Å². The molecule has 0 atom stereocenters. The van der Waals surface area contributed by atoms with Crippen LogP contribution in [-0.2, 0) is 0 Å². The minimum atomic E-state index is -0.121. The van der Waals surface area contributed by atoms with Gasteiger partial charge in [-0.05, 0) is 12.5 Å². The van der Waals surface area contributed by atoms with E-state index < -0.39 is 0 Å². The van der Waals surface area contributed by atoms with Crippen LogP contribution in [0.3, 0.4) is 0 Å². The highest BCUT2D eigenvalue weighted by atomic mass is 16.5. The van der Waals surface area contributed by atoms with E-state index in [4.69, 9.17) is 11.2 Å². The Morgan fingerprint density at radius 1 is 1.65 bits per heavy atom. The molecule has 0 aromatic carbocycles. The molecule has 90 valence electrons. The average molecular weight is 232 g/mol. The number of nitrogens with zero attached hydrogens (tertiary/aromatic N) is 2. The average Bonchev–Trinajstić information content (AvgIpc) is 2.37. The third-order valence-electron chi connectivity index (χ3n) is 2.30. The first-order chi connectivity index (χ1) is 8.24. The molecule has 0 aliphatic rings. The molecule has 0 aliphatic carbocycles. The molecule has 17 heavy (non-hydrogen) atoms. The predicted octanol–water partition coefficient (Wildman–Crippen LogP) is 1.58. The first kappa shape index (κ1) is 13.0. The quantitative estimate of drug-likeness (QED) is 0.724. The van der Waals surface area contributed by atoms with Crippen LogP contribution in [0.2, 0.25) is 0 Å². The van der Waals surface area contributed by atoms with Crippen molar-refractivity contribution in [2.45, 2.75) is 13.3 Å². The molecular weight excluding hydrogens is 216 g/mol. The van der Waals surface area contributed by atoms with E-state index in [1.165, 1.54) is 13.3 Å². The summed E-state index contributed by atoms with van der Waals surface area (Å²) in [5.41, 5.74) is 0.492. The van der Waals surface area contributed by atoms with Crippen LogP contribution in [0.25, 0.3) is 0 Å². The Labute approximate surface area is 102 Å². The van der Waals surface area contributed by atoms with Gasteiger partial charge in [-0.25, -0.2) is 0 Å². The number of amides is 1. The smallest absolute Gasteiger partial charge is 0.258 e. The second kappa shape index (κ2) is 6.54. The summed E-state index contributed by atoms with van der Waals surface area (Å²) in [7, 11) is 1.51. The minimum absolute atomic E-state index is 0.121. The zero-order valence-corrected chi connectivity index (χ0v) is 10.1. The van der Waals surface area contributed by atoms with Gasteiger partial charge in [-0.2, -0.15) is 0 Å². The van der Waals surface area contributed by atoms with Gasteiger partial charge in [0.05, 0.1) is 25.4 Å². The summed E-state index contributed by atoms with van der Waals surface area (Å²) in [6.45, 7) is 2.94. The van der Waals surface area contributed by atoms with E-state index >= 15 is 0 Å². The number of hydrogen-bond donors (Lipinski definition) is 0. The Hall–Kier alpha value is -2.02. The molecule has 0 saturated heterocycles. The lowest BCUT2D eigenvalue weighted by molar-refractivity contribution is 0.0773. The zero-order valence-electron chi connectivity index (χ0n) is 10.1. The molecule has 0 aliphatic heterocycles. The van der Waals surface area contributed by atoms with Crippen LogP contribution in [0.1, 0.15) is 23.7 Å². The maximum atomic E-state index is 12.2. The number of methoxy groups -OCH3 is 1. The van der Waals surface area contributed by atoms with E-state index in [1.54, 1.807) is 17.2 Å². The maximum Gasteiger partial charge on any atom is 0.258 e. The molecule has 4 heteroatoms. The molecule has 1 aromatic rings. The van der Waals surface area contributed by atoms with E-state index in [0.717, 1.165) is 6.42 Å². The lowest BCUT2D eigenvalue weighted by Gasteiger charge is -2.20. The summed E-state index contributed by atoms with van der Waals surface area (Å²) in [4.78, 5) is 17.8. The van der Waals surface area contributed by atoms with Crippen molar-refractivity contribution >= 4 is 5.91 Å². The van der Waals surface area contributed by atoms with Crippen LogP contribution < -0.4 is 4.74 Å². The van der Waals surface area contributed by atoms with Gasteiger partial charge >= 0.3 is 0 Å². The van der Waals surface area contributed by atoms with E-state index in [-0.39, 0.29) is 5.91 Å². The molecule has 1 rings (SSSR count). The second-order valence-corrected chi connectivity index (χ2v) is 3.51. The van der Waals surface area contributed by atoms with E-state index in [1.807, 2.05) is 6.92 Å². The second-order valence-electron chi connectivity index (χ2n) is 3.51. The fourth-order valence-electron chi connectivity index (χ4n) is 1.52. The molecular formula is C13H16N2O2. The number of hydrogen-bond acceptors (Lipinski definition) is 3. The Kier molecular flexibility index (Phi) is 5.02. The molecule has 0 bridgehead atoms. The van der Waals surface area contributed by atoms with Gasteiger partial charge in [0.1, 0.15) is 5.75 Å². The first-order valence-electron chi connectivity index (χ1n) is 5.45. The number of terminal acetylenes is 1. The Morgan fingerprint density at radius 3 is 3.00 bits per heavy atom. The highest BCUT2D eigenvalue weighted by molar-refractivity contribution is 5.96. The number of pyridine rings is 1. The number of carbonyl (C=O) groups is 1. The Balaban J connectivity index is 2.97. The van der Waals surface area contributed by atoms with Crippen LogP contribution in [0.5, 0.6) is 5.75 Å². The monoisotopic (exact) mass is 232 g/mol. The van der Waals surface area contributed by atoms with Crippen molar-refractivity contribution in [2.75, 3.05) is 20.2 Å². The van der Waals surface area contributed by atoms with Gasteiger partial charge in [0.2, 0.25) is 0 Å². The van der Waals surface area contributed by atoms with Crippen molar-refractivity contribution in [3.8, 4) is 18.1 Å². The van der Waals surface area contributed by atoms with Gasteiger partial charge in [-0.1, -0.05) is 12.8 Å². The molecule has 0 fully saturated rings. The molecule has 0 radical (unpaired) electrons. The predicted molar refractivity (Wildman–Crippen MR) is 65.8 cm³/mol. The van der Waals surface area contributed by atoms with Crippen LogP contribution in [-0.4, -0.2) is 36.0 Å². The molecule has 1 aromatic heterocycles. The summed E-state index contributed by atoms with van der Waals surface area (Å²) < 4.78 is 5.11. The van der Waals surface area contributed by atoms with E-state index in [9.17, 15) is 4.79 Å². The largest absolute Gasteiger partial charge is 0.494 e. The van der Waals surface area contributed by atoms with Crippen molar-refractivity contribution in [3.05, 3.63) is 24.0 Å². The van der Waals surface area contributed by atoms with Crippen molar-refractivity contribution in [1.29, 1.82) is 0 Å². The third kappa shape index (κ3) is 3.22. The summed E-state index contributed by atoms with van der Waals surface area (Å²) in [5.74, 6) is 2.84. The Bertz CT molecular complexity index is 424. The van der Waals surface area contributed by atoms with Gasteiger partial charge in [-0.15, -0.1) is 6.42 Å². The first-order valence-corrected chi connectivity index (χ1v) is 5.45. The fourth-order valence-corrected chi connectivity index (χ4v) is 1.52. The molecule has 0 spiro atoms. The zero-order chi connectivity index (χ0) is 12.7. The number of ether oxygens (including phenoxy) is 1. The van der Waals surface area contributed by atoms with Crippen molar-refractivity contribution in [3.63, 3.8) is 0 Å². The normalized spacial score (nSPS) is 9.47. The van der Waals surface area contributed by atoms with Crippen LogP contribution in [0.15, 0.2) is 18.5 Å². The Morgan fingerprint density at radius 2 is 2.41 bits per heavy atom. The number of carbonyl (C=O) groups excluding carboxylic acids is 1. The molecule has 1 heterocycles. The lowest BCUT2D eigenvalue weighted by atomic mass is 10.2. The highest BCUT2D eigenvalue weighted by Gasteiger charge is 2.17. The summed E-state index contributed by atoms with van der Waals surface area (Å²) >= 11 is 0. The van der Waals surface area contributed by atoms with Gasteiger partial charge in [0.25, 0.3) is 5.91 Å². The minimum Gasteiger partial charge on any atom is -0.494 e. The van der Waals surface area contributed by atoms with Crippen molar-refractivity contribution < 1.29 is 9.53 Å². The van der Waals surface area contributed by atoms with E-state index in [0.29, 0.717) is 24.4 Å². The standard InChI is InChI=1S/C13H16N2O2/c1-4-8-15(9-5-2)13(16)11-6-7-14-10-12(11)17-3/h1,6-7,10H,5,8-9H2,2-3H3. The lowest BCUT2D eigenvalue weighted by Crippen LogP contribution is -2.32. The van der Waals surface area contributed by atoms with Gasteiger partial charge in [-0.3, -0.25) is 9.78 Å². The van der Waals surface area contributed by atoms with Crippen LogP contribution in [0.4, 0.5) is 0 Å². The van der Waals surface area contributed by atoms with Crippen LogP contribution >= 0.6 is 0 Å². The van der Waals surface area contributed by atoms with E-state index in [2.05, 4.69) is 10.9 Å². The molecule has 0 unspecified atom stereocenters. The topological polar surface area (TPSA) is 42.4 Å². The maximum absolute atomic E-state index is 12.2. The van der Waals surface area contributed by atoms with Gasteiger partial charge in [0.15, 0.2) is 0 Å².